The van der Waals surface area contributed by atoms with E-state index in [2.05, 4.69) is 13.8 Å². The number of nitrogens with zero attached hydrogens (tertiary/aromatic N) is 1. The summed E-state index contributed by atoms with van der Waals surface area (Å²) < 4.78 is 34.0. The summed E-state index contributed by atoms with van der Waals surface area (Å²) in [5.74, 6) is -1.26. The highest BCUT2D eigenvalue weighted by Crippen LogP contribution is 2.39. The van der Waals surface area contributed by atoms with Crippen molar-refractivity contribution >= 4 is 19.8 Å². The maximum atomic E-state index is 12.9. The van der Waals surface area contributed by atoms with E-state index in [0.29, 0.717) is 36.7 Å². The lowest BCUT2D eigenvalue weighted by Gasteiger charge is -2.28. The maximum absolute atomic E-state index is 12.9. The van der Waals surface area contributed by atoms with Crippen molar-refractivity contribution in [3.63, 3.8) is 0 Å². The number of carbonyl (C=O) groups is 2. The van der Waals surface area contributed by atoms with E-state index in [-0.39, 0.29) is 37.9 Å². The van der Waals surface area contributed by atoms with Crippen LogP contribution in [0.2, 0.25) is 0 Å². The number of rotatable bonds is 43. The van der Waals surface area contributed by atoms with E-state index in [9.17, 15) is 34.4 Å². The molecule has 0 aliphatic heterocycles. The molecule has 0 spiro atoms. The Labute approximate surface area is 384 Å². The Morgan fingerprint density at radius 1 is 0.667 bits per heavy atom. The Morgan fingerprint density at radius 3 is 1.67 bits per heavy atom. The third kappa shape index (κ3) is 34.6. The van der Waals surface area contributed by atoms with Crippen molar-refractivity contribution in [3.05, 3.63) is 12.2 Å². The third-order valence-corrected chi connectivity index (χ3v) is 13.4. The lowest BCUT2D eigenvalue weighted by atomic mass is 9.88. The van der Waals surface area contributed by atoms with Gasteiger partial charge in [0.05, 0.1) is 46.1 Å². The number of esters is 2. The van der Waals surface area contributed by atoms with E-state index in [1.165, 1.54) is 96.3 Å². The van der Waals surface area contributed by atoms with Crippen LogP contribution in [0.5, 0.6) is 0 Å². The number of unbranched alkanes of at least 4 members (excludes halogenated alkanes) is 23. The van der Waals surface area contributed by atoms with Crippen molar-refractivity contribution in [2.45, 2.75) is 237 Å². The average molecular weight is 918 g/mol. The lowest BCUT2D eigenvalue weighted by molar-refractivity contribution is -0.870. The molecule has 12 nitrogen and oxygen atoms in total. The smallest absolute Gasteiger partial charge is 0.306 e. The molecule has 0 radical (unpaired) electrons. The van der Waals surface area contributed by atoms with Gasteiger partial charge in [0.25, 0.3) is 7.82 Å². The number of aliphatic hydroxyl groups is 3. The van der Waals surface area contributed by atoms with Crippen molar-refractivity contribution in [2.75, 3.05) is 47.5 Å². The molecular formula is C50H96NO11P. The molecule has 1 aliphatic rings. The number of aliphatic hydroxyl groups excluding tert-OH is 3. The molecule has 1 unspecified atom stereocenters. The molecule has 0 saturated heterocycles. The van der Waals surface area contributed by atoms with E-state index < -0.39 is 50.8 Å². The van der Waals surface area contributed by atoms with Crippen LogP contribution in [0.15, 0.2) is 12.2 Å². The molecule has 1 rings (SSSR count). The number of carbonyl (C=O) groups excluding carboxylic acids is 2. The van der Waals surface area contributed by atoms with Crippen LogP contribution in [0, 0.1) is 11.8 Å². The van der Waals surface area contributed by atoms with Crippen molar-refractivity contribution in [1.82, 2.24) is 0 Å². The van der Waals surface area contributed by atoms with Gasteiger partial charge in [-0.05, 0) is 31.6 Å². The van der Waals surface area contributed by atoms with E-state index in [4.69, 9.17) is 18.5 Å². The topological polar surface area (TPSA) is 172 Å². The molecular weight excluding hydrogens is 822 g/mol. The second-order valence-corrected chi connectivity index (χ2v) is 20.9. The van der Waals surface area contributed by atoms with Crippen LogP contribution >= 0.6 is 7.82 Å². The first-order chi connectivity index (χ1) is 30.2. The first kappa shape index (κ1) is 59.6. The third-order valence-electron chi connectivity index (χ3n) is 12.4. The Balaban J connectivity index is 2.38. The van der Waals surface area contributed by atoms with Gasteiger partial charge in [-0.25, -0.2) is 0 Å². The maximum Gasteiger partial charge on any atom is 0.306 e. The number of likely N-dealkylation sites (N-methyl/N-ethyl adjacent to an activating group) is 1. The number of hydrogen-bond acceptors (Lipinski definition) is 11. The first-order valence-electron chi connectivity index (χ1n) is 25.7. The predicted molar refractivity (Wildman–Crippen MR) is 252 cm³/mol. The molecule has 0 bridgehead atoms. The molecule has 7 atom stereocenters. The molecule has 63 heavy (non-hydrogen) atoms. The van der Waals surface area contributed by atoms with Gasteiger partial charge in [-0.2, -0.15) is 0 Å². The quantitative estimate of drug-likeness (QED) is 0.0175. The molecule has 0 aromatic heterocycles. The van der Waals surface area contributed by atoms with E-state index in [0.717, 1.165) is 64.2 Å². The molecule has 1 fully saturated rings. The van der Waals surface area contributed by atoms with E-state index >= 15 is 0 Å². The Bertz CT molecular complexity index is 1200. The number of quaternary nitrogens is 1. The number of hydrogen-bond donors (Lipinski definition) is 3. The summed E-state index contributed by atoms with van der Waals surface area (Å²) in [6, 6.07) is 0. The van der Waals surface area contributed by atoms with Gasteiger partial charge in [0.1, 0.15) is 19.8 Å². The van der Waals surface area contributed by atoms with Crippen LogP contribution in [0.3, 0.4) is 0 Å². The summed E-state index contributed by atoms with van der Waals surface area (Å²) in [6.07, 6.45) is 33.0. The molecule has 3 N–H and O–H groups in total. The second kappa shape index (κ2) is 37.7. The van der Waals surface area contributed by atoms with Crippen molar-refractivity contribution in [3.8, 4) is 0 Å². The number of ether oxygens (including phenoxy) is 2. The summed E-state index contributed by atoms with van der Waals surface area (Å²) in [4.78, 5) is 37.9. The van der Waals surface area contributed by atoms with Crippen molar-refractivity contribution in [2.24, 2.45) is 11.8 Å². The lowest BCUT2D eigenvalue weighted by Crippen LogP contribution is -2.37. The summed E-state index contributed by atoms with van der Waals surface area (Å²) in [5.41, 5.74) is 0. The Hall–Kier alpha value is -1.37. The van der Waals surface area contributed by atoms with Gasteiger partial charge < -0.3 is 43.2 Å². The molecule has 372 valence electrons. The van der Waals surface area contributed by atoms with Gasteiger partial charge in [-0.1, -0.05) is 180 Å². The zero-order chi connectivity index (χ0) is 46.6. The summed E-state index contributed by atoms with van der Waals surface area (Å²) in [5, 5.41) is 31.5. The van der Waals surface area contributed by atoms with Crippen molar-refractivity contribution in [1.29, 1.82) is 0 Å². The summed E-state index contributed by atoms with van der Waals surface area (Å²) >= 11 is 0. The van der Waals surface area contributed by atoms with Crippen molar-refractivity contribution < 1.29 is 57.4 Å². The first-order valence-corrected chi connectivity index (χ1v) is 27.1. The molecule has 1 saturated carbocycles. The minimum absolute atomic E-state index is 0.0664. The fourth-order valence-electron chi connectivity index (χ4n) is 8.34. The fourth-order valence-corrected chi connectivity index (χ4v) is 9.07. The molecule has 0 aromatic carbocycles. The van der Waals surface area contributed by atoms with Crippen LogP contribution < -0.4 is 4.89 Å². The van der Waals surface area contributed by atoms with Crippen LogP contribution in [-0.2, 0) is 32.7 Å². The molecule has 0 aromatic rings. The van der Waals surface area contributed by atoms with Gasteiger partial charge in [0.15, 0.2) is 6.10 Å². The van der Waals surface area contributed by atoms with Gasteiger partial charge in [0, 0.05) is 25.2 Å². The summed E-state index contributed by atoms with van der Waals surface area (Å²) in [6.45, 7) is 3.92. The minimum Gasteiger partial charge on any atom is -0.756 e. The van der Waals surface area contributed by atoms with Crippen LogP contribution in [0.1, 0.15) is 213 Å². The standard InChI is InChI=1S/C50H96NO11P/c1-6-8-10-11-12-13-14-15-16-17-18-19-20-21-22-23-24-25-30-34-49(55)59-41-44(42-61-63(57,58)60-39-38-51(3,4)5)62-50(56)35-31-27-26-29-33-45-46(48(54)40-47(45)53)37-36-43(52)32-28-9-7-2/h36-37,43-48,52-54H,6-35,38-42H2,1-5H3/b37-36+/t43-,44+,45+,46+,47-,48+/m0/s1. The van der Waals surface area contributed by atoms with Gasteiger partial charge in [-0.15, -0.1) is 0 Å². The van der Waals surface area contributed by atoms with Crippen LogP contribution in [-0.4, -0.2) is 104 Å². The molecule has 13 heteroatoms. The molecule has 0 amide bonds. The SMILES string of the molecule is CCCCCCCCCCCCCCCCCCCCCC(=O)OC[C@H](COP(=O)([O-])OCC[N+](C)(C)C)OC(=O)CCCCCC[C@@H]1[C@@H](/C=C/[C@@H](O)CCCCC)[C@H](O)C[C@@H]1O. The average Bonchev–Trinajstić information content (AvgIpc) is 3.50. The Morgan fingerprint density at radius 2 is 1.14 bits per heavy atom. The zero-order valence-electron chi connectivity index (χ0n) is 40.9. The van der Waals surface area contributed by atoms with Gasteiger partial charge in [-0.3, -0.25) is 14.2 Å². The number of phosphoric acid groups is 1. The normalized spacial score (nSPS) is 20.0. The van der Waals surface area contributed by atoms with E-state index in [1.807, 2.05) is 27.2 Å². The van der Waals surface area contributed by atoms with Crippen LogP contribution in [0.25, 0.3) is 0 Å². The molecule has 1 aliphatic carbocycles. The van der Waals surface area contributed by atoms with Gasteiger partial charge in [0.2, 0.25) is 0 Å². The number of phosphoric ester groups is 1. The molecule has 0 heterocycles. The highest BCUT2D eigenvalue weighted by molar-refractivity contribution is 7.45. The highest BCUT2D eigenvalue weighted by Gasteiger charge is 2.39. The predicted octanol–water partition coefficient (Wildman–Crippen LogP) is 10.7. The second-order valence-electron chi connectivity index (χ2n) is 19.5. The minimum atomic E-state index is -4.69. The van der Waals surface area contributed by atoms with E-state index in [1.54, 1.807) is 6.08 Å². The Kier molecular flexibility index (Phi) is 35.7. The zero-order valence-corrected chi connectivity index (χ0v) is 41.8. The van der Waals surface area contributed by atoms with Crippen LogP contribution in [0.4, 0.5) is 0 Å². The monoisotopic (exact) mass is 918 g/mol. The fraction of sp³-hybridized carbons (Fsp3) is 0.920. The summed E-state index contributed by atoms with van der Waals surface area (Å²) in [7, 11) is 1.05. The largest absolute Gasteiger partial charge is 0.756 e. The highest BCUT2D eigenvalue weighted by atomic mass is 31.2. The van der Waals surface area contributed by atoms with Gasteiger partial charge >= 0.3 is 11.9 Å².